The van der Waals surface area contributed by atoms with Gasteiger partial charge in [0.05, 0.1) is 5.52 Å². The summed E-state index contributed by atoms with van der Waals surface area (Å²) in [7, 11) is 0. The number of benzene rings is 2. The van der Waals surface area contributed by atoms with E-state index in [-0.39, 0.29) is 11.8 Å². The highest BCUT2D eigenvalue weighted by Crippen LogP contribution is 2.32. The number of carbonyl (C=O) groups is 1. The minimum Gasteiger partial charge on any atom is -0.332 e. The Kier molecular flexibility index (Phi) is 3.53. The Balaban J connectivity index is 1.43. The molecule has 3 heterocycles. The maximum atomic E-state index is 12.5. The van der Waals surface area contributed by atoms with Crippen LogP contribution in [0, 0.1) is 6.92 Å². The number of H-pyrrole nitrogens is 1. The van der Waals surface area contributed by atoms with Gasteiger partial charge >= 0.3 is 0 Å². The maximum absolute atomic E-state index is 12.5. The number of fused-ring (bicyclic) bond motifs is 1. The smallest absolute Gasteiger partial charge is 0.279 e. The number of nitrogens with one attached hydrogen (secondary N) is 1. The molecule has 1 amide bonds. The number of anilines is 1. The average molecular weight is 359 g/mol. The van der Waals surface area contributed by atoms with Crippen LogP contribution in [0.1, 0.15) is 23.7 Å². The molecule has 1 aliphatic rings. The van der Waals surface area contributed by atoms with Crippen molar-refractivity contribution in [3.05, 3.63) is 59.9 Å². The summed E-state index contributed by atoms with van der Waals surface area (Å²) in [6, 6.07) is 15.7. The second kappa shape index (κ2) is 6.05. The van der Waals surface area contributed by atoms with Gasteiger partial charge in [-0.25, -0.2) is 0 Å². The first-order valence-corrected chi connectivity index (χ1v) is 8.83. The van der Waals surface area contributed by atoms with Gasteiger partial charge in [-0.15, -0.1) is 0 Å². The molecular weight excluding hydrogens is 342 g/mol. The lowest BCUT2D eigenvalue weighted by atomic mass is 10.1. The van der Waals surface area contributed by atoms with Gasteiger partial charge in [-0.2, -0.15) is 10.1 Å². The van der Waals surface area contributed by atoms with E-state index in [4.69, 9.17) is 4.52 Å². The molecule has 134 valence electrons. The van der Waals surface area contributed by atoms with E-state index in [1.807, 2.05) is 55.5 Å². The third kappa shape index (κ3) is 2.68. The number of aromatic amines is 1. The lowest BCUT2D eigenvalue weighted by Crippen LogP contribution is -2.24. The van der Waals surface area contributed by atoms with Gasteiger partial charge in [0.15, 0.2) is 11.5 Å². The van der Waals surface area contributed by atoms with Crippen LogP contribution in [0.5, 0.6) is 0 Å². The molecule has 7 nitrogen and oxygen atoms in total. The van der Waals surface area contributed by atoms with Crippen molar-refractivity contribution in [1.82, 2.24) is 20.3 Å². The van der Waals surface area contributed by atoms with E-state index in [1.54, 1.807) is 4.90 Å². The second-order valence-electron chi connectivity index (χ2n) is 6.82. The molecule has 27 heavy (non-hydrogen) atoms. The second-order valence-corrected chi connectivity index (χ2v) is 6.82. The van der Waals surface area contributed by atoms with Crippen LogP contribution in [0.15, 0.2) is 53.1 Å². The van der Waals surface area contributed by atoms with Gasteiger partial charge in [-0.05, 0) is 30.7 Å². The fourth-order valence-electron chi connectivity index (χ4n) is 3.55. The Morgan fingerprint density at radius 2 is 2.07 bits per heavy atom. The van der Waals surface area contributed by atoms with Crippen molar-refractivity contribution in [2.24, 2.45) is 0 Å². The molecule has 1 unspecified atom stereocenters. The Bertz CT molecular complexity index is 1150. The molecule has 4 aromatic rings. The van der Waals surface area contributed by atoms with E-state index < -0.39 is 0 Å². The predicted octanol–water partition coefficient (Wildman–Crippen LogP) is 3.44. The van der Waals surface area contributed by atoms with Crippen LogP contribution in [0.4, 0.5) is 5.69 Å². The number of para-hydroxylation sites is 1. The van der Waals surface area contributed by atoms with Crippen molar-refractivity contribution in [2.75, 3.05) is 11.4 Å². The van der Waals surface area contributed by atoms with Gasteiger partial charge in [-0.1, -0.05) is 35.5 Å². The summed E-state index contributed by atoms with van der Waals surface area (Å²) in [5.41, 5.74) is 3.57. The van der Waals surface area contributed by atoms with Crippen LogP contribution >= 0.6 is 0 Å². The summed E-state index contributed by atoms with van der Waals surface area (Å²) < 4.78 is 5.45. The molecule has 0 aliphatic carbocycles. The van der Waals surface area contributed by atoms with Crippen molar-refractivity contribution in [1.29, 1.82) is 0 Å². The Morgan fingerprint density at radius 1 is 1.19 bits per heavy atom. The molecule has 0 spiro atoms. The van der Waals surface area contributed by atoms with E-state index in [2.05, 4.69) is 20.3 Å². The zero-order valence-corrected chi connectivity index (χ0v) is 14.7. The highest BCUT2D eigenvalue weighted by atomic mass is 16.5. The molecule has 5 rings (SSSR count). The average Bonchev–Trinajstić information content (AvgIpc) is 3.39. The molecule has 2 aromatic carbocycles. The third-order valence-electron chi connectivity index (χ3n) is 4.92. The molecule has 1 saturated heterocycles. The van der Waals surface area contributed by atoms with Crippen LogP contribution < -0.4 is 4.90 Å². The number of aryl methyl sites for hydroxylation is 1. The molecule has 1 fully saturated rings. The fourth-order valence-corrected chi connectivity index (χ4v) is 3.55. The highest BCUT2D eigenvalue weighted by molar-refractivity contribution is 5.96. The number of carbonyl (C=O) groups excluding carboxylic acids is 1. The van der Waals surface area contributed by atoms with E-state index in [1.165, 1.54) is 0 Å². The van der Waals surface area contributed by atoms with Crippen LogP contribution in [0.3, 0.4) is 0 Å². The molecule has 0 radical (unpaired) electrons. The summed E-state index contributed by atoms with van der Waals surface area (Å²) in [6.45, 7) is 2.56. The maximum Gasteiger partial charge on any atom is 0.279 e. The Labute approximate surface area is 155 Å². The molecular formula is C20H17N5O2. The van der Waals surface area contributed by atoms with Crippen LogP contribution in [-0.2, 0) is 4.79 Å². The van der Waals surface area contributed by atoms with E-state index in [0.717, 1.165) is 22.2 Å². The summed E-state index contributed by atoms with van der Waals surface area (Å²) in [4.78, 5) is 18.8. The first-order chi connectivity index (χ1) is 13.2. The number of hydrogen-bond donors (Lipinski definition) is 1. The van der Waals surface area contributed by atoms with Gasteiger partial charge in [0.1, 0.15) is 0 Å². The van der Waals surface area contributed by atoms with Gasteiger partial charge in [-0.3, -0.25) is 9.89 Å². The van der Waals surface area contributed by atoms with Crippen LogP contribution in [0.25, 0.3) is 22.5 Å². The molecule has 1 N–H and O–H groups in total. The lowest BCUT2D eigenvalue weighted by molar-refractivity contribution is -0.117. The summed E-state index contributed by atoms with van der Waals surface area (Å²) in [5.74, 6) is 0.882. The van der Waals surface area contributed by atoms with Crippen molar-refractivity contribution in [3.8, 4) is 11.6 Å². The Morgan fingerprint density at radius 3 is 2.96 bits per heavy atom. The van der Waals surface area contributed by atoms with Crippen LogP contribution in [0.2, 0.25) is 0 Å². The molecule has 7 heteroatoms. The molecule has 2 aromatic heterocycles. The van der Waals surface area contributed by atoms with Crippen molar-refractivity contribution >= 4 is 22.5 Å². The molecule has 0 bridgehead atoms. The van der Waals surface area contributed by atoms with E-state index >= 15 is 0 Å². The topological polar surface area (TPSA) is 87.9 Å². The summed E-state index contributed by atoms with van der Waals surface area (Å²) >= 11 is 0. The van der Waals surface area contributed by atoms with Gasteiger partial charge < -0.3 is 9.42 Å². The largest absolute Gasteiger partial charge is 0.332 e. The minimum absolute atomic E-state index is 0.0715. The monoisotopic (exact) mass is 359 g/mol. The molecule has 1 atom stereocenters. The third-order valence-corrected chi connectivity index (χ3v) is 4.92. The Hall–Kier alpha value is -3.48. The number of nitrogens with zero attached hydrogens (tertiary/aromatic N) is 4. The van der Waals surface area contributed by atoms with Crippen molar-refractivity contribution < 1.29 is 9.32 Å². The van der Waals surface area contributed by atoms with Crippen molar-refractivity contribution in [2.45, 2.75) is 19.3 Å². The first-order valence-electron chi connectivity index (χ1n) is 8.83. The molecule has 1 aliphatic heterocycles. The lowest BCUT2D eigenvalue weighted by Gasteiger charge is -2.16. The van der Waals surface area contributed by atoms with Crippen LogP contribution in [-0.4, -0.2) is 32.8 Å². The zero-order chi connectivity index (χ0) is 18.4. The van der Waals surface area contributed by atoms with E-state index in [9.17, 15) is 4.79 Å². The number of rotatable bonds is 3. The summed E-state index contributed by atoms with van der Waals surface area (Å²) in [5, 5.41) is 12.3. The highest BCUT2D eigenvalue weighted by Gasteiger charge is 2.35. The van der Waals surface area contributed by atoms with E-state index in [0.29, 0.717) is 30.4 Å². The number of amides is 1. The van der Waals surface area contributed by atoms with Gasteiger partial charge in [0, 0.05) is 30.0 Å². The summed E-state index contributed by atoms with van der Waals surface area (Å²) in [6.07, 6.45) is 0.369. The fraction of sp³-hybridized carbons (Fsp3) is 0.200. The van der Waals surface area contributed by atoms with Crippen molar-refractivity contribution in [3.63, 3.8) is 0 Å². The SMILES string of the molecule is Cc1cccc(N2CC(c3noc(-c4n[nH]c5ccccc45)n3)CC2=O)c1. The van der Waals surface area contributed by atoms with Gasteiger partial charge in [0.2, 0.25) is 5.91 Å². The normalized spacial score (nSPS) is 17.1. The first kappa shape index (κ1) is 15.7. The quantitative estimate of drug-likeness (QED) is 0.605. The number of hydrogen-bond acceptors (Lipinski definition) is 5. The number of aromatic nitrogens is 4. The van der Waals surface area contributed by atoms with Gasteiger partial charge in [0.25, 0.3) is 5.89 Å². The molecule has 0 saturated carbocycles. The zero-order valence-electron chi connectivity index (χ0n) is 14.7. The standard InChI is InChI=1S/C20H17N5O2/c1-12-5-4-6-14(9-12)25-11-13(10-17(25)26)19-21-20(27-24-19)18-15-7-2-3-8-16(15)22-23-18/h2-9,13H,10-11H2,1H3,(H,22,23). The minimum atomic E-state index is -0.0966. The predicted molar refractivity (Wildman–Crippen MR) is 100 cm³/mol.